The van der Waals surface area contributed by atoms with Crippen molar-refractivity contribution in [3.8, 4) is 23.0 Å². The first kappa shape index (κ1) is 22.4. The number of ether oxygens (including phenoxy) is 4. The molecule has 0 saturated heterocycles. The molecule has 0 aliphatic rings. The number of anilines is 1. The summed E-state index contributed by atoms with van der Waals surface area (Å²) in [6.07, 6.45) is 0. The van der Waals surface area contributed by atoms with E-state index in [1.165, 1.54) is 0 Å². The lowest BCUT2D eigenvalue weighted by Crippen LogP contribution is -2.05. The van der Waals surface area contributed by atoms with E-state index in [1.807, 2.05) is 48.5 Å². The molecule has 31 heavy (non-hydrogen) atoms. The molecule has 0 atom stereocenters. The van der Waals surface area contributed by atoms with Crippen molar-refractivity contribution in [2.45, 2.75) is 6.54 Å². The summed E-state index contributed by atoms with van der Waals surface area (Å²) in [4.78, 5) is 0. The third kappa shape index (κ3) is 4.72. The van der Waals surface area contributed by atoms with E-state index in [4.69, 9.17) is 30.5 Å². The molecular weight excluding hydrogens is 414 g/mol. The van der Waals surface area contributed by atoms with Gasteiger partial charge in [0.25, 0.3) is 0 Å². The normalized spacial score (nSPS) is 10.4. The minimum atomic E-state index is 0.480. The molecule has 1 N–H and O–H groups in total. The first-order valence-corrected chi connectivity index (χ1v) is 10.1. The maximum atomic E-state index is 6.26. The zero-order valence-corrected chi connectivity index (χ0v) is 18.9. The highest BCUT2D eigenvalue weighted by molar-refractivity contribution is 6.32. The predicted molar refractivity (Wildman–Crippen MR) is 126 cm³/mol. The Morgan fingerprint density at radius 2 is 1.58 bits per heavy atom. The number of rotatable bonds is 9. The van der Waals surface area contributed by atoms with Crippen molar-refractivity contribution in [3.63, 3.8) is 0 Å². The van der Waals surface area contributed by atoms with Gasteiger partial charge < -0.3 is 24.3 Å². The number of para-hydroxylation sites is 1. The van der Waals surface area contributed by atoms with Gasteiger partial charge in [-0.25, -0.2) is 0 Å². The van der Waals surface area contributed by atoms with Crippen molar-refractivity contribution in [1.29, 1.82) is 0 Å². The van der Waals surface area contributed by atoms with Crippen LogP contribution in [0.1, 0.15) is 16.7 Å². The Labute approximate surface area is 188 Å². The minimum Gasteiger partial charge on any atom is -0.497 e. The Morgan fingerprint density at radius 3 is 2.26 bits per heavy atom. The highest BCUT2D eigenvalue weighted by Gasteiger charge is 2.18. The third-order valence-electron chi connectivity index (χ3n) is 5.01. The van der Waals surface area contributed by atoms with Crippen LogP contribution >= 0.6 is 11.6 Å². The standard InChI is InChI=1S/C25H26ClNO4/c1-16(20-12-13-21(26)25(31-5)24(20)30-4)19-8-6-7-9-22(19)27-15-17-10-11-18(28-2)14-23(17)29-3/h6-14,27H,1,15H2,2-5H3. The number of benzene rings is 3. The molecule has 0 amide bonds. The smallest absolute Gasteiger partial charge is 0.180 e. The summed E-state index contributed by atoms with van der Waals surface area (Å²) in [5, 5.41) is 3.97. The van der Waals surface area contributed by atoms with Gasteiger partial charge in [0.2, 0.25) is 0 Å². The molecule has 5 nitrogen and oxygen atoms in total. The highest BCUT2D eigenvalue weighted by Crippen LogP contribution is 2.43. The lowest BCUT2D eigenvalue weighted by Gasteiger charge is -2.19. The SMILES string of the molecule is C=C(c1ccccc1NCc1ccc(OC)cc1OC)c1ccc(Cl)c(OC)c1OC. The van der Waals surface area contributed by atoms with Crippen molar-refractivity contribution < 1.29 is 18.9 Å². The average Bonchev–Trinajstić information content (AvgIpc) is 2.81. The Balaban J connectivity index is 1.92. The second kappa shape index (κ2) is 10.1. The summed E-state index contributed by atoms with van der Waals surface area (Å²) in [5.74, 6) is 2.54. The largest absolute Gasteiger partial charge is 0.497 e. The molecule has 0 heterocycles. The van der Waals surface area contributed by atoms with E-state index in [2.05, 4.69) is 11.9 Å². The summed E-state index contributed by atoms with van der Waals surface area (Å²) >= 11 is 6.26. The van der Waals surface area contributed by atoms with E-state index in [0.717, 1.165) is 39.4 Å². The van der Waals surface area contributed by atoms with E-state index in [-0.39, 0.29) is 0 Å². The third-order valence-corrected chi connectivity index (χ3v) is 5.31. The molecule has 0 spiro atoms. The van der Waals surface area contributed by atoms with Crippen LogP contribution in [0.15, 0.2) is 61.2 Å². The second-order valence-corrected chi connectivity index (χ2v) is 7.12. The van der Waals surface area contributed by atoms with Gasteiger partial charge >= 0.3 is 0 Å². The molecule has 0 unspecified atom stereocenters. The summed E-state index contributed by atoms with van der Waals surface area (Å²) in [7, 11) is 6.43. The van der Waals surface area contributed by atoms with Crippen molar-refractivity contribution >= 4 is 22.9 Å². The lowest BCUT2D eigenvalue weighted by atomic mass is 9.96. The Kier molecular flexibility index (Phi) is 7.32. The topological polar surface area (TPSA) is 49.0 Å². The van der Waals surface area contributed by atoms with Gasteiger partial charge in [-0.2, -0.15) is 0 Å². The molecular formula is C25H26ClNO4. The first-order chi connectivity index (χ1) is 15.0. The van der Waals surface area contributed by atoms with Gasteiger partial charge in [0, 0.05) is 35.0 Å². The number of halogens is 1. The molecule has 3 aromatic carbocycles. The van der Waals surface area contributed by atoms with Crippen LogP contribution in [0.25, 0.3) is 5.57 Å². The molecule has 162 valence electrons. The van der Waals surface area contributed by atoms with E-state index in [1.54, 1.807) is 34.5 Å². The quantitative estimate of drug-likeness (QED) is 0.440. The van der Waals surface area contributed by atoms with Crippen molar-refractivity contribution in [2.24, 2.45) is 0 Å². The van der Waals surface area contributed by atoms with Crippen molar-refractivity contribution in [3.05, 3.63) is 82.9 Å². The van der Waals surface area contributed by atoms with Crippen LogP contribution < -0.4 is 24.3 Å². The fourth-order valence-electron chi connectivity index (χ4n) is 3.40. The zero-order chi connectivity index (χ0) is 22.4. The fourth-order valence-corrected chi connectivity index (χ4v) is 3.63. The van der Waals surface area contributed by atoms with Crippen LogP contribution in [0.3, 0.4) is 0 Å². The van der Waals surface area contributed by atoms with Gasteiger partial charge in [0.05, 0.1) is 33.5 Å². The molecule has 0 saturated carbocycles. The van der Waals surface area contributed by atoms with E-state index < -0.39 is 0 Å². The fraction of sp³-hybridized carbons (Fsp3) is 0.200. The van der Waals surface area contributed by atoms with Gasteiger partial charge in [-0.15, -0.1) is 0 Å². The van der Waals surface area contributed by atoms with Crippen LogP contribution in [-0.4, -0.2) is 28.4 Å². The molecule has 0 fully saturated rings. The number of hydrogen-bond acceptors (Lipinski definition) is 5. The molecule has 0 aliphatic heterocycles. The molecule has 0 radical (unpaired) electrons. The predicted octanol–water partition coefficient (Wildman–Crippen LogP) is 6.05. The molecule has 0 aromatic heterocycles. The van der Waals surface area contributed by atoms with E-state index >= 15 is 0 Å². The first-order valence-electron chi connectivity index (χ1n) is 9.68. The van der Waals surface area contributed by atoms with Crippen LogP contribution in [0, 0.1) is 0 Å². The van der Waals surface area contributed by atoms with Crippen LogP contribution in [0.2, 0.25) is 5.02 Å². The lowest BCUT2D eigenvalue weighted by molar-refractivity contribution is 0.354. The highest BCUT2D eigenvalue weighted by atomic mass is 35.5. The summed E-state index contributed by atoms with van der Waals surface area (Å²) in [6, 6.07) is 17.4. The van der Waals surface area contributed by atoms with Crippen LogP contribution in [0.5, 0.6) is 23.0 Å². The van der Waals surface area contributed by atoms with Gasteiger partial charge in [0.15, 0.2) is 11.5 Å². The number of methoxy groups -OCH3 is 4. The van der Waals surface area contributed by atoms with Gasteiger partial charge in [-0.1, -0.05) is 36.4 Å². The Hall–Kier alpha value is -3.31. The number of hydrogen-bond donors (Lipinski definition) is 1. The molecule has 3 aromatic rings. The van der Waals surface area contributed by atoms with Gasteiger partial charge in [0.1, 0.15) is 11.5 Å². The van der Waals surface area contributed by atoms with Crippen molar-refractivity contribution in [1.82, 2.24) is 0 Å². The minimum absolute atomic E-state index is 0.480. The maximum Gasteiger partial charge on any atom is 0.180 e. The van der Waals surface area contributed by atoms with E-state index in [0.29, 0.717) is 23.1 Å². The maximum absolute atomic E-state index is 6.26. The zero-order valence-electron chi connectivity index (χ0n) is 18.1. The molecule has 3 rings (SSSR count). The summed E-state index contributed by atoms with van der Waals surface area (Å²) < 4.78 is 21.8. The van der Waals surface area contributed by atoms with Gasteiger partial charge in [-0.3, -0.25) is 0 Å². The second-order valence-electron chi connectivity index (χ2n) is 6.72. The molecule has 6 heteroatoms. The summed E-state index contributed by atoms with van der Waals surface area (Å²) in [6.45, 7) is 4.89. The Bertz CT molecular complexity index is 1080. The van der Waals surface area contributed by atoms with Crippen LogP contribution in [-0.2, 0) is 6.54 Å². The molecule has 0 aliphatic carbocycles. The average molecular weight is 440 g/mol. The van der Waals surface area contributed by atoms with Crippen LogP contribution in [0.4, 0.5) is 5.69 Å². The summed E-state index contributed by atoms with van der Waals surface area (Å²) in [5.41, 5.74) is 4.48. The molecule has 0 bridgehead atoms. The Morgan fingerprint density at radius 1 is 0.839 bits per heavy atom. The number of nitrogens with one attached hydrogen (secondary N) is 1. The monoisotopic (exact) mass is 439 g/mol. The van der Waals surface area contributed by atoms with Gasteiger partial charge in [-0.05, 0) is 35.9 Å². The van der Waals surface area contributed by atoms with E-state index in [9.17, 15) is 0 Å². The van der Waals surface area contributed by atoms with Crippen molar-refractivity contribution in [2.75, 3.05) is 33.8 Å².